The van der Waals surface area contributed by atoms with Gasteiger partial charge in [-0.3, -0.25) is 0 Å². The van der Waals surface area contributed by atoms with Crippen LogP contribution in [0.2, 0.25) is 0 Å². The van der Waals surface area contributed by atoms with Crippen LogP contribution in [-0.4, -0.2) is 35.7 Å². The maximum absolute atomic E-state index is 9.32. The van der Waals surface area contributed by atoms with Crippen molar-refractivity contribution >= 4 is 5.96 Å². The largest absolute Gasteiger partial charge is 0.473 e. The van der Waals surface area contributed by atoms with Gasteiger partial charge in [-0.25, -0.2) is 9.98 Å². The summed E-state index contributed by atoms with van der Waals surface area (Å²) in [6.07, 6.45) is 3.64. The lowest BCUT2D eigenvalue weighted by Crippen LogP contribution is -2.40. The van der Waals surface area contributed by atoms with E-state index in [9.17, 15) is 5.11 Å². The zero-order valence-electron chi connectivity index (χ0n) is 18.5. The SMILES string of the molecule is CCNC(=NCc1ccnc(OCc2ccccc2)c1)NCC(CCO)CC(C)C. The van der Waals surface area contributed by atoms with E-state index in [1.807, 2.05) is 42.5 Å². The van der Waals surface area contributed by atoms with Gasteiger partial charge in [0.1, 0.15) is 6.61 Å². The Morgan fingerprint density at radius 2 is 1.93 bits per heavy atom. The average molecular weight is 413 g/mol. The second-order valence-electron chi connectivity index (χ2n) is 7.86. The molecule has 2 rings (SSSR count). The Kier molecular flexibility index (Phi) is 10.7. The van der Waals surface area contributed by atoms with E-state index in [0.29, 0.717) is 30.9 Å². The van der Waals surface area contributed by atoms with Gasteiger partial charge in [0.25, 0.3) is 0 Å². The van der Waals surface area contributed by atoms with Crippen molar-refractivity contribution in [1.29, 1.82) is 0 Å². The van der Waals surface area contributed by atoms with Crippen LogP contribution in [0.25, 0.3) is 0 Å². The van der Waals surface area contributed by atoms with Crippen LogP contribution in [0.5, 0.6) is 5.88 Å². The van der Waals surface area contributed by atoms with Crippen molar-refractivity contribution in [3.63, 3.8) is 0 Å². The van der Waals surface area contributed by atoms with E-state index >= 15 is 0 Å². The van der Waals surface area contributed by atoms with E-state index in [0.717, 1.165) is 43.0 Å². The first-order valence-electron chi connectivity index (χ1n) is 10.8. The normalized spacial score (nSPS) is 12.6. The molecule has 30 heavy (non-hydrogen) atoms. The summed E-state index contributed by atoms with van der Waals surface area (Å²) >= 11 is 0. The van der Waals surface area contributed by atoms with Crippen LogP contribution in [0.3, 0.4) is 0 Å². The van der Waals surface area contributed by atoms with Crippen molar-refractivity contribution in [2.24, 2.45) is 16.8 Å². The van der Waals surface area contributed by atoms with Gasteiger partial charge < -0.3 is 20.5 Å². The minimum absolute atomic E-state index is 0.218. The van der Waals surface area contributed by atoms with Gasteiger partial charge in [0.15, 0.2) is 5.96 Å². The molecule has 1 aromatic heterocycles. The molecule has 0 aliphatic heterocycles. The van der Waals surface area contributed by atoms with Crippen molar-refractivity contribution in [3.05, 3.63) is 59.8 Å². The number of aliphatic hydroxyl groups is 1. The lowest BCUT2D eigenvalue weighted by atomic mass is 9.94. The third-order valence-corrected chi connectivity index (χ3v) is 4.69. The van der Waals surface area contributed by atoms with Gasteiger partial charge in [0, 0.05) is 32.0 Å². The van der Waals surface area contributed by atoms with Gasteiger partial charge in [0.05, 0.1) is 6.54 Å². The van der Waals surface area contributed by atoms with Gasteiger partial charge in [-0.1, -0.05) is 44.2 Å². The van der Waals surface area contributed by atoms with Gasteiger partial charge >= 0.3 is 0 Å². The fourth-order valence-corrected chi connectivity index (χ4v) is 3.26. The molecule has 3 N–H and O–H groups in total. The molecule has 0 bridgehead atoms. The van der Waals surface area contributed by atoms with E-state index in [1.165, 1.54) is 0 Å². The Hall–Kier alpha value is -2.60. The van der Waals surface area contributed by atoms with Crippen LogP contribution in [0.15, 0.2) is 53.7 Å². The van der Waals surface area contributed by atoms with Crippen LogP contribution in [0.1, 0.15) is 44.7 Å². The third kappa shape index (κ3) is 9.27. The van der Waals surface area contributed by atoms with E-state index in [2.05, 4.69) is 36.4 Å². The average Bonchev–Trinajstić information content (AvgIpc) is 2.75. The van der Waals surface area contributed by atoms with Crippen LogP contribution in [0.4, 0.5) is 0 Å². The van der Waals surface area contributed by atoms with Gasteiger partial charge in [-0.15, -0.1) is 0 Å². The molecule has 0 aliphatic rings. The number of nitrogens with zero attached hydrogens (tertiary/aromatic N) is 2. The van der Waals surface area contributed by atoms with Crippen LogP contribution in [0, 0.1) is 11.8 Å². The molecule has 0 fully saturated rings. The first-order chi connectivity index (χ1) is 14.6. The second-order valence-corrected chi connectivity index (χ2v) is 7.86. The highest BCUT2D eigenvalue weighted by Crippen LogP contribution is 2.15. The van der Waals surface area contributed by atoms with Crippen molar-refractivity contribution in [1.82, 2.24) is 15.6 Å². The third-order valence-electron chi connectivity index (χ3n) is 4.69. The summed E-state index contributed by atoms with van der Waals surface area (Å²) in [5, 5.41) is 16.0. The molecule has 0 saturated carbocycles. The lowest BCUT2D eigenvalue weighted by molar-refractivity contribution is 0.243. The molecule has 6 nitrogen and oxygen atoms in total. The summed E-state index contributed by atoms with van der Waals surface area (Å²) in [5.74, 6) is 2.42. The van der Waals surface area contributed by atoms with E-state index < -0.39 is 0 Å². The quantitative estimate of drug-likeness (QED) is 0.365. The molecule has 0 amide bonds. The van der Waals surface area contributed by atoms with Gasteiger partial charge in [0.2, 0.25) is 5.88 Å². The number of rotatable bonds is 12. The van der Waals surface area contributed by atoms with E-state index in [1.54, 1.807) is 6.20 Å². The number of nitrogens with one attached hydrogen (secondary N) is 2. The van der Waals surface area contributed by atoms with Crippen LogP contribution in [-0.2, 0) is 13.2 Å². The maximum atomic E-state index is 9.32. The molecule has 0 saturated heterocycles. The van der Waals surface area contributed by atoms with Crippen LogP contribution < -0.4 is 15.4 Å². The lowest BCUT2D eigenvalue weighted by Gasteiger charge is -2.20. The number of aromatic nitrogens is 1. The molecule has 0 aliphatic carbocycles. The summed E-state index contributed by atoms with van der Waals surface area (Å²) in [6.45, 7) is 9.32. The molecule has 1 aromatic carbocycles. The first kappa shape index (κ1) is 23.7. The Labute approximate surface area is 180 Å². The summed E-state index contributed by atoms with van der Waals surface area (Å²) in [5.41, 5.74) is 2.15. The van der Waals surface area contributed by atoms with Gasteiger partial charge in [-0.05, 0) is 48.8 Å². The van der Waals surface area contributed by atoms with Crippen molar-refractivity contribution in [3.8, 4) is 5.88 Å². The number of hydrogen-bond donors (Lipinski definition) is 3. The molecule has 0 radical (unpaired) electrons. The number of aliphatic imine (C=N–C) groups is 1. The minimum atomic E-state index is 0.218. The zero-order valence-corrected chi connectivity index (χ0v) is 18.5. The highest BCUT2D eigenvalue weighted by atomic mass is 16.5. The van der Waals surface area contributed by atoms with E-state index in [4.69, 9.17) is 9.73 Å². The smallest absolute Gasteiger partial charge is 0.213 e. The number of pyridine rings is 1. The van der Waals surface area contributed by atoms with Crippen LogP contribution >= 0.6 is 0 Å². The van der Waals surface area contributed by atoms with Crippen molar-refractivity contribution < 1.29 is 9.84 Å². The fourth-order valence-electron chi connectivity index (χ4n) is 3.26. The molecular weight excluding hydrogens is 376 g/mol. The molecule has 1 heterocycles. The number of aliphatic hydroxyl groups excluding tert-OH is 1. The van der Waals surface area contributed by atoms with Gasteiger partial charge in [-0.2, -0.15) is 0 Å². The minimum Gasteiger partial charge on any atom is -0.473 e. The predicted molar refractivity (Wildman–Crippen MR) is 122 cm³/mol. The molecule has 0 spiro atoms. The van der Waals surface area contributed by atoms with Crippen molar-refractivity contribution in [2.75, 3.05) is 19.7 Å². The highest BCUT2D eigenvalue weighted by molar-refractivity contribution is 5.79. The summed E-state index contributed by atoms with van der Waals surface area (Å²) in [7, 11) is 0. The first-order valence-corrected chi connectivity index (χ1v) is 10.8. The number of benzene rings is 1. The zero-order chi connectivity index (χ0) is 21.6. The molecular formula is C24H36N4O2. The Morgan fingerprint density at radius 3 is 2.63 bits per heavy atom. The Balaban J connectivity index is 1.92. The molecule has 1 atom stereocenters. The van der Waals surface area contributed by atoms with Crippen molar-refractivity contribution in [2.45, 2.75) is 46.8 Å². The second kappa shape index (κ2) is 13.6. The Bertz CT molecular complexity index is 750. The summed E-state index contributed by atoms with van der Waals surface area (Å²) in [6, 6.07) is 13.9. The summed E-state index contributed by atoms with van der Waals surface area (Å²) in [4.78, 5) is 9.00. The molecule has 6 heteroatoms. The predicted octanol–water partition coefficient (Wildman–Crippen LogP) is 3.76. The molecule has 1 unspecified atom stereocenters. The number of hydrogen-bond acceptors (Lipinski definition) is 4. The monoisotopic (exact) mass is 412 g/mol. The van der Waals surface area contributed by atoms with E-state index in [-0.39, 0.29) is 6.61 Å². The topological polar surface area (TPSA) is 78.8 Å². The highest BCUT2D eigenvalue weighted by Gasteiger charge is 2.11. The standard InChI is InChI=1S/C24H36N4O2/c1-4-25-24(28-17-22(11-13-29)14-19(2)3)27-16-21-10-12-26-23(15-21)30-18-20-8-6-5-7-9-20/h5-10,12,15,19,22,29H,4,11,13-14,16-18H2,1-3H3,(H2,25,27,28). The maximum Gasteiger partial charge on any atom is 0.213 e. The molecule has 164 valence electrons. The fraction of sp³-hybridized carbons (Fsp3) is 0.500. The number of ether oxygens (including phenoxy) is 1. The number of guanidine groups is 1. The Morgan fingerprint density at radius 1 is 1.13 bits per heavy atom. The molecule has 2 aromatic rings. The summed E-state index contributed by atoms with van der Waals surface area (Å²) < 4.78 is 5.82.